The van der Waals surface area contributed by atoms with Gasteiger partial charge in [-0.2, -0.15) is 0 Å². The second-order valence-corrected chi connectivity index (χ2v) is 3.97. The Hall–Kier alpha value is -1.29. The van der Waals surface area contributed by atoms with Crippen molar-refractivity contribution in [3.63, 3.8) is 0 Å². The standard InChI is InChI=1S/C12H21N3O/c1-3-7-15-8-5-6-11(15)12(16)14-9-10(13)4-2/h5-6,8,10H,3-4,7,9,13H2,1-2H3,(H,14,16). The van der Waals surface area contributed by atoms with Crippen LogP contribution in [0.1, 0.15) is 37.2 Å². The van der Waals surface area contributed by atoms with Gasteiger partial charge >= 0.3 is 0 Å². The highest BCUT2D eigenvalue weighted by Crippen LogP contribution is 2.03. The summed E-state index contributed by atoms with van der Waals surface area (Å²) >= 11 is 0. The van der Waals surface area contributed by atoms with Crippen LogP contribution in [0.5, 0.6) is 0 Å². The van der Waals surface area contributed by atoms with Gasteiger partial charge in [-0.15, -0.1) is 0 Å². The summed E-state index contributed by atoms with van der Waals surface area (Å²) < 4.78 is 1.97. The van der Waals surface area contributed by atoms with Gasteiger partial charge in [0.1, 0.15) is 5.69 Å². The van der Waals surface area contributed by atoms with E-state index in [-0.39, 0.29) is 11.9 Å². The molecule has 0 saturated carbocycles. The molecule has 0 aliphatic rings. The highest BCUT2D eigenvalue weighted by atomic mass is 16.1. The van der Waals surface area contributed by atoms with E-state index in [0.717, 1.165) is 19.4 Å². The molecule has 0 aliphatic heterocycles. The molecule has 1 amide bonds. The highest BCUT2D eigenvalue weighted by molar-refractivity contribution is 5.92. The zero-order chi connectivity index (χ0) is 12.0. The number of carbonyl (C=O) groups is 1. The second-order valence-electron chi connectivity index (χ2n) is 3.97. The minimum atomic E-state index is -0.0395. The smallest absolute Gasteiger partial charge is 0.267 e. The van der Waals surface area contributed by atoms with E-state index in [1.807, 2.05) is 29.8 Å². The molecule has 90 valence electrons. The molecule has 1 heterocycles. The van der Waals surface area contributed by atoms with Crippen LogP contribution in [0.2, 0.25) is 0 Å². The SMILES string of the molecule is CCCn1cccc1C(=O)NCC(N)CC. The van der Waals surface area contributed by atoms with Crippen molar-refractivity contribution in [1.82, 2.24) is 9.88 Å². The number of carbonyl (C=O) groups excluding carboxylic acids is 1. The molecule has 3 N–H and O–H groups in total. The molecular formula is C12H21N3O. The Morgan fingerprint density at radius 1 is 1.56 bits per heavy atom. The minimum absolute atomic E-state index is 0.0395. The quantitative estimate of drug-likeness (QED) is 0.765. The molecule has 1 unspecified atom stereocenters. The van der Waals surface area contributed by atoms with Crippen LogP contribution in [-0.2, 0) is 6.54 Å². The fourth-order valence-corrected chi connectivity index (χ4v) is 1.51. The second kappa shape index (κ2) is 6.33. The Morgan fingerprint density at radius 3 is 2.94 bits per heavy atom. The number of aryl methyl sites for hydroxylation is 1. The van der Waals surface area contributed by atoms with Crippen molar-refractivity contribution in [3.8, 4) is 0 Å². The lowest BCUT2D eigenvalue weighted by Gasteiger charge is -2.11. The number of hydrogen-bond acceptors (Lipinski definition) is 2. The summed E-state index contributed by atoms with van der Waals surface area (Å²) in [5, 5.41) is 2.85. The van der Waals surface area contributed by atoms with Gasteiger partial charge in [0.2, 0.25) is 0 Å². The number of nitrogens with two attached hydrogens (primary N) is 1. The van der Waals surface area contributed by atoms with Crippen LogP contribution in [-0.4, -0.2) is 23.1 Å². The summed E-state index contributed by atoms with van der Waals surface area (Å²) in [4.78, 5) is 11.8. The summed E-state index contributed by atoms with van der Waals surface area (Å²) in [6.45, 7) is 5.51. The van der Waals surface area contributed by atoms with Crippen molar-refractivity contribution in [2.75, 3.05) is 6.54 Å². The molecule has 1 aromatic heterocycles. The van der Waals surface area contributed by atoms with Gasteiger partial charge in [0.25, 0.3) is 5.91 Å². The Labute approximate surface area is 96.8 Å². The van der Waals surface area contributed by atoms with Gasteiger partial charge in [-0.05, 0) is 25.0 Å². The third kappa shape index (κ3) is 3.38. The number of amides is 1. The maximum atomic E-state index is 11.8. The van der Waals surface area contributed by atoms with Crippen molar-refractivity contribution < 1.29 is 4.79 Å². The molecule has 1 aromatic rings. The van der Waals surface area contributed by atoms with Crippen LogP contribution in [0.3, 0.4) is 0 Å². The van der Waals surface area contributed by atoms with E-state index in [2.05, 4.69) is 12.2 Å². The van der Waals surface area contributed by atoms with E-state index in [1.165, 1.54) is 0 Å². The maximum absolute atomic E-state index is 11.8. The lowest BCUT2D eigenvalue weighted by Crippen LogP contribution is -2.37. The first-order valence-electron chi connectivity index (χ1n) is 5.88. The van der Waals surface area contributed by atoms with Crippen molar-refractivity contribution in [2.24, 2.45) is 5.73 Å². The Bertz CT molecular complexity index is 333. The van der Waals surface area contributed by atoms with Crippen LogP contribution >= 0.6 is 0 Å². The monoisotopic (exact) mass is 223 g/mol. The van der Waals surface area contributed by atoms with Gasteiger partial charge in [0.05, 0.1) is 0 Å². The lowest BCUT2D eigenvalue weighted by atomic mass is 10.2. The molecule has 0 radical (unpaired) electrons. The van der Waals surface area contributed by atoms with Crippen LogP contribution < -0.4 is 11.1 Å². The Morgan fingerprint density at radius 2 is 2.31 bits per heavy atom. The summed E-state index contributed by atoms with van der Waals surface area (Å²) in [5.74, 6) is -0.0395. The third-order valence-corrected chi connectivity index (χ3v) is 2.58. The zero-order valence-corrected chi connectivity index (χ0v) is 10.1. The molecule has 0 fully saturated rings. The topological polar surface area (TPSA) is 60.0 Å². The van der Waals surface area contributed by atoms with Crippen LogP contribution in [0.25, 0.3) is 0 Å². The molecule has 0 bridgehead atoms. The highest BCUT2D eigenvalue weighted by Gasteiger charge is 2.10. The van der Waals surface area contributed by atoms with Gasteiger partial charge in [-0.25, -0.2) is 0 Å². The fraction of sp³-hybridized carbons (Fsp3) is 0.583. The predicted octanol–water partition coefficient (Wildman–Crippen LogP) is 1.37. The van der Waals surface area contributed by atoms with Crippen LogP contribution in [0.4, 0.5) is 0 Å². The molecule has 16 heavy (non-hydrogen) atoms. The van der Waals surface area contributed by atoms with Gasteiger partial charge in [-0.3, -0.25) is 4.79 Å². The van der Waals surface area contributed by atoms with Gasteiger partial charge < -0.3 is 15.6 Å². The first-order chi connectivity index (χ1) is 7.69. The van der Waals surface area contributed by atoms with Crippen LogP contribution in [0.15, 0.2) is 18.3 Å². The summed E-state index contributed by atoms with van der Waals surface area (Å²) in [7, 11) is 0. The Balaban J connectivity index is 2.55. The maximum Gasteiger partial charge on any atom is 0.267 e. The number of nitrogens with zero attached hydrogens (tertiary/aromatic N) is 1. The van der Waals surface area contributed by atoms with E-state index in [0.29, 0.717) is 12.2 Å². The van der Waals surface area contributed by atoms with Crippen molar-refractivity contribution >= 4 is 5.91 Å². The lowest BCUT2D eigenvalue weighted by molar-refractivity contribution is 0.0941. The van der Waals surface area contributed by atoms with Crippen molar-refractivity contribution in [1.29, 1.82) is 0 Å². The van der Waals surface area contributed by atoms with E-state index >= 15 is 0 Å². The number of nitrogens with one attached hydrogen (secondary N) is 1. The summed E-state index contributed by atoms with van der Waals surface area (Å²) in [6, 6.07) is 3.77. The van der Waals surface area contributed by atoms with Gasteiger partial charge in [-0.1, -0.05) is 13.8 Å². The molecule has 1 rings (SSSR count). The molecule has 0 saturated heterocycles. The first-order valence-corrected chi connectivity index (χ1v) is 5.88. The molecule has 4 heteroatoms. The molecular weight excluding hydrogens is 202 g/mol. The van der Waals surface area contributed by atoms with Crippen molar-refractivity contribution in [3.05, 3.63) is 24.0 Å². The molecule has 4 nitrogen and oxygen atoms in total. The first kappa shape index (κ1) is 12.8. The third-order valence-electron chi connectivity index (χ3n) is 2.58. The van der Waals surface area contributed by atoms with E-state index in [1.54, 1.807) is 0 Å². The Kier molecular flexibility index (Phi) is 5.05. The molecule has 1 atom stereocenters. The number of rotatable bonds is 6. The van der Waals surface area contributed by atoms with Crippen LogP contribution in [0, 0.1) is 0 Å². The van der Waals surface area contributed by atoms with Gasteiger partial charge in [0, 0.05) is 25.3 Å². The predicted molar refractivity (Wildman–Crippen MR) is 65.3 cm³/mol. The van der Waals surface area contributed by atoms with E-state index in [4.69, 9.17) is 5.73 Å². The average molecular weight is 223 g/mol. The molecule has 0 aromatic carbocycles. The van der Waals surface area contributed by atoms with Crippen molar-refractivity contribution in [2.45, 2.75) is 39.3 Å². The number of hydrogen-bond donors (Lipinski definition) is 2. The largest absolute Gasteiger partial charge is 0.349 e. The number of aromatic nitrogens is 1. The molecule has 0 spiro atoms. The zero-order valence-electron chi connectivity index (χ0n) is 10.1. The summed E-state index contributed by atoms with van der Waals surface area (Å²) in [6.07, 6.45) is 3.82. The normalized spacial score (nSPS) is 12.4. The summed E-state index contributed by atoms with van der Waals surface area (Å²) in [5.41, 5.74) is 6.46. The van der Waals surface area contributed by atoms with E-state index in [9.17, 15) is 4.79 Å². The van der Waals surface area contributed by atoms with E-state index < -0.39 is 0 Å². The average Bonchev–Trinajstić information content (AvgIpc) is 2.74. The fourth-order valence-electron chi connectivity index (χ4n) is 1.51. The molecule has 0 aliphatic carbocycles. The van der Waals surface area contributed by atoms with Gasteiger partial charge in [0.15, 0.2) is 0 Å². The minimum Gasteiger partial charge on any atom is -0.349 e.